The molecule has 1 heterocycles. The molecule has 8 heteroatoms. The molecule has 0 bridgehead atoms. The summed E-state index contributed by atoms with van der Waals surface area (Å²) in [6, 6.07) is 1.01. The minimum atomic E-state index is -2.88. The number of methoxy groups -OCH3 is 1. The fourth-order valence-electron chi connectivity index (χ4n) is 1.13. The van der Waals surface area contributed by atoms with Crippen LogP contribution in [0.5, 0.6) is 11.5 Å². The van der Waals surface area contributed by atoms with Gasteiger partial charge in [0.15, 0.2) is 17.2 Å². The smallest absolute Gasteiger partial charge is 0.354 e. The van der Waals surface area contributed by atoms with Crippen LogP contribution in [0.15, 0.2) is 12.3 Å². The average molecular weight is 279 g/mol. The van der Waals surface area contributed by atoms with Gasteiger partial charge in [0.25, 0.3) is 0 Å². The molecule has 5 nitrogen and oxygen atoms in total. The minimum absolute atomic E-state index is 0.100. The van der Waals surface area contributed by atoms with E-state index in [1.807, 2.05) is 0 Å². The molecule has 0 aromatic carbocycles. The lowest BCUT2D eigenvalue weighted by Crippen LogP contribution is -2.25. The van der Waals surface area contributed by atoms with Crippen LogP contribution in [-0.4, -0.2) is 36.0 Å². The van der Waals surface area contributed by atoms with E-state index in [0.717, 1.165) is 19.2 Å². The second-order valence-electron chi connectivity index (χ2n) is 3.69. The van der Waals surface area contributed by atoms with Crippen LogP contribution >= 0.6 is 0 Å². The zero-order valence-electron chi connectivity index (χ0n) is 10.1. The Balaban J connectivity index is 2.92. The van der Waals surface area contributed by atoms with Gasteiger partial charge in [-0.2, -0.15) is 0 Å². The molecule has 0 aliphatic heterocycles. The summed E-state index contributed by atoms with van der Waals surface area (Å²) in [6.45, 7) is 0.987. The molecule has 0 saturated heterocycles. The number of alkyl halides is 3. The molecule has 19 heavy (non-hydrogen) atoms. The molecule has 1 rings (SSSR count). The second-order valence-corrected chi connectivity index (χ2v) is 3.69. The summed E-state index contributed by atoms with van der Waals surface area (Å²) in [6.07, 6.45) is -4.23. The van der Waals surface area contributed by atoms with Crippen LogP contribution in [0.2, 0.25) is 0 Å². The predicted octanol–water partition coefficient (Wildman–Crippen LogP) is 2.36. The van der Waals surface area contributed by atoms with Crippen molar-refractivity contribution in [3.63, 3.8) is 0 Å². The molecule has 1 aromatic heterocycles. The van der Waals surface area contributed by atoms with Gasteiger partial charge in [-0.15, -0.1) is 0 Å². The number of ether oxygens (including phenoxy) is 2. The van der Waals surface area contributed by atoms with E-state index < -0.39 is 24.7 Å². The monoisotopic (exact) mass is 279 g/mol. The average Bonchev–Trinajstić information content (AvgIpc) is 2.37. The van der Waals surface area contributed by atoms with Crippen LogP contribution < -0.4 is 9.47 Å². The summed E-state index contributed by atoms with van der Waals surface area (Å²) < 4.78 is 47.4. The van der Waals surface area contributed by atoms with E-state index in [4.69, 9.17) is 9.84 Å². The number of hydrogen-bond donors (Lipinski definition) is 1. The number of carboxylic acid groups (broad SMARTS) is 1. The summed E-state index contributed by atoms with van der Waals surface area (Å²) in [4.78, 5) is 14.2. The number of carbonyl (C=O) groups is 1. The maximum atomic E-state index is 13.4. The van der Waals surface area contributed by atoms with E-state index in [1.54, 1.807) is 0 Å². The Hall–Kier alpha value is -1.99. The number of halogens is 3. The van der Waals surface area contributed by atoms with Crippen LogP contribution in [0.1, 0.15) is 17.4 Å². The van der Waals surface area contributed by atoms with Crippen molar-refractivity contribution in [3.05, 3.63) is 18.0 Å². The molecule has 0 amide bonds. The van der Waals surface area contributed by atoms with E-state index in [1.165, 1.54) is 7.11 Å². The van der Waals surface area contributed by atoms with Crippen LogP contribution in [0.25, 0.3) is 0 Å². The van der Waals surface area contributed by atoms with E-state index in [9.17, 15) is 18.0 Å². The Morgan fingerprint density at radius 2 is 2.00 bits per heavy atom. The van der Waals surface area contributed by atoms with Crippen molar-refractivity contribution in [1.29, 1.82) is 0 Å². The van der Waals surface area contributed by atoms with E-state index in [-0.39, 0.29) is 17.2 Å². The van der Waals surface area contributed by atoms with Gasteiger partial charge < -0.3 is 14.6 Å². The SMILES string of the molecule is COc1cc(C(=O)O)ncc1OC(F)C(C)C(F)F. The maximum Gasteiger partial charge on any atom is 0.354 e. The topological polar surface area (TPSA) is 68.7 Å². The molecule has 0 saturated carbocycles. The van der Waals surface area contributed by atoms with E-state index in [2.05, 4.69) is 9.72 Å². The molecule has 0 aliphatic carbocycles. The van der Waals surface area contributed by atoms with Gasteiger partial charge in [-0.3, -0.25) is 0 Å². The first-order valence-electron chi connectivity index (χ1n) is 5.23. The molecule has 0 aliphatic rings. The number of aromatic nitrogens is 1. The van der Waals surface area contributed by atoms with Crippen molar-refractivity contribution >= 4 is 5.97 Å². The third-order valence-electron chi connectivity index (χ3n) is 2.32. The predicted molar refractivity (Wildman–Crippen MR) is 58.4 cm³/mol. The Morgan fingerprint density at radius 1 is 1.37 bits per heavy atom. The summed E-state index contributed by atoms with van der Waals surface area (Å²) in [7, 11) is 1.21. The van der Waals surface area contributed by atoms with E-state index >= 15 is 0 Å². The van der Waals surface area contributed by atoms with Crippen LogP contribution in [-0.2, 0) is 0 Å². The summed E-state index contributed by atoms with van der Waals surface area (Å²) >= 11 is 0. The van der Waals surface area contributed by atoms with Crippen molar-refractivity contribution in [2.45, 2.75) is 19.7 Å². The van der Waals surface area contributed by atoms with Gasteiger partial charge >= 0.3 is 5.97 Å². The molecule has 0 spiro atoms. The number of nitrogens with zero attached hydrogens (tertiary/aromatic N) is 1. The van der Waals surface area contributed by atoms with Gasteiger partial charge in [0, 0.05) is 6.07 Å². The van der Waals surface area contributed by atoms with Crippen LogP contribution in [0.4, 0.5) is 13.2 Å². The highest BCUT2D eigenvalue weighted by Crippen LogP contribution is 2.30. The molecular formula is C11H12F3NO4. The van der Waals surface area contributed by atoms with Gasteiger partial charge in [0.1, 0.15) is 0 Å². The number of aromatic carboxylic acids is 1. The minimum Gasteiger partial charge on any atom is -0.493 e. The quantitative estimate of drug-likeness (QED) is 0.865. The largest absolute Gasteiger partial charge is 0.493 e. The van der Waals surface area contributed by atoms with Crippen molar-refractivity contribution in [2.75, 3.05) is 7.11 Å². The standard InChI is InChI=1S/C11H12F3NO4/c1-5(9(12)13)10(14)19-8-4-15-6(11(16)17)3-7(8)18-2/h3-5,9-10H,1-2H3,(H,16,17). The Bertz CT molecular complexity index is 456. The lowest BCUT2D eigenvalue weighted by atomic mass is 10.2. The third kappa shape index (κ3) is 3.73. The maximum absolute atomic E-state index is 13.4. The van der Waals surface area contributed by atoms with E-state index in [0.29, 0.717) is 0 Å². The highest BCUT2D eigenvalue weighted by molar-refractivity contribution is 5.86. The summed E-state index contributed by atoms with van der Waals surface area (Å²) in [5, 5.41) is 8.71. The number of rotatable bonds is 6. The Labute approximate surface area is 107 Å². The van der Waals surface area contributed by atoms with Gasteiger partial charge in [0.2, 0.25) is 12.8 Å². The first-order chi connectivity index (χ1) is 8.86. The molecule has 1 aromatic rings. The summed E-state index contributed by atoms with van der Waals surface area (Å²) in [5.41, 5.74) is -0.332. The van der Waals surface area contributed by atoms with Crippen molar-refractivity contribution in [2.24, 2.45) is 5.92 Å². The first kappa shape index (κ1) is 15.1. The lowest BCUT2D eigenvalue weighted by molar-refractivity contribution is -0.0525. The van der Waals surface area contributed by atoms with Gasteiger partial charge in [0.05, 0.1) is 19.2 Å². The highest BCUT2D eigenvalue weighted by Gasteiger charge is 2.28. The molecule has 2 unspecified atom stereocenters. The van der Waals surface area contributed by atoms with Gasteiger partial charge in [-0.25, -0.2) is 22.9 Å². The zero-order valence-corrected chi connectivity index (χ0v) is 10.1. The fraction of sp³-hybridized carbons (Fsp3) is 0.455. The molecule has 1 N–H and O–H groups in total. The first-order valence-corrected chi connectivity index (χ1v) is 5.23. The fourth-order valence-corrected chi connectivity index (χ4v) is 1.13. The Kier molecular flexibility index (Phi) is 4.96. The summed E-state index contributed by atoms with van der Waals surface area (Å²) in [5.74, 6) is -3.28. The van der Waals surface area contributed by atoms with Crippen molar-refractivity contribution in [1.82, 2.24) is 4.98 Å². The van der Waals surface area contributed by atoms with Crippen LogP contribution in [0.3, 0.4) is 0 Å². The zero-order chi connectivity index (χ0) is 14.6. The van der Waals surface area contributed by atoms with Crippen LogP contribution in [0, 0.1) is 5.92 Å². The normalized spacial score (nSPS) is 14.0. The molecule has 0 fully saturated rings. The number of pyridine rings is 1. The van der Waals surface area contributed by atoms with Crippen molar-refractivity contribution in [3.8, 4) is 11.5 Å². The lowest BCUT2D eigenvalue weighted by Gasteiger charge is -2.18. The molecule has 0 radical (unpaired) electrons. The number of carboxylic acids is 1. The molecule has 2 atom stereocenters. The third-order valence-corrected chi connectivity index (χ3v) is 2.32. The highest BCUT2D eigenvalue weighted by atomic mass is 19.3. The number of hydrogen-bond acceptors (Lipinski definition) is 4. The second kappa shape index (κ2) is 6.26. The Morgan fingerprint density at radius 3 is 2.47 bits per heavy atom. The molecule has 106 valence electrons. The molecular weight excluding hydrogens is 267 g/mol. The van der Waals surface area contributed by atoms with Gasteiger partial charge in [-0.05, 0) is 0 Å². The van der Waals surface area contributed by atoms with Crippen molar-refractivity contribution < 1.29 is 32.5 Å². The van der Waals surface area contributed by atoms with Gasteiger partial charge in [-0.1, -0.05) is 6.92 Å².